The van der Waals surface area contributed by atoms with Crippen molar-refractivity contribution in [2.45, 2.75) is 25.8 Å². The molecule has 1 atom stereocenters. The highest BCUT2D eigenvalue weighted by Crippen LogP contribution is 2.29. The number of benzene rings is 2. The molecule has 1 amide bonds. The summed E-state index contributed by atoms with van der Waals surface area (Å²) in [6, 6.07) is 9.20. The zero-order valence-corrected chi connectivity index (χ0v) is 16.9. The molecular formula is C19H22BCl2NO3. The quantitative estimate of drug-likeness (QED) is 0.735. The van der Waals surface area contributed by atoms with Crippen molar-refractivity contribution in [1.82, 2.24) is 5.32 Å². The van der Waals surface area contributed by atoms with Gasteiger partial charge in [-0.25, -0.2) is 0 Å². The summed E-state index contributed by atoms with van der Waals surface area (Å²) in [5.41, 5.74) is 2.40. The van der Waals surface area contributed by atoms with Crippen LogP contribution < -0.4 is 20.3 Å². The minimum absolute atomic E-state index is 0.0211. The van der Waals surface area contributed by atoms with Crippen molar-refractivity contribution < 1.29 is 14.3 Å². The molecule has 2 aromatic carbocycles. The largest absolute Gasteiger partial charge is 0.493 e. The number of halogens is 2. The molecule has 0 aliphatic carbocycles. The van der Waals surface area contributed by atoms with Crippen LogP contribution in [0.25, 0.3) is 0 Å². The van der Waals surface area contributed by atoms with Crippen molar-refractivity contribution in [1.29, 1.82) is 0 Å². The van der Waals surface area contributed by atoms with Crippen molar-refractivity contribution in [3.05, 3.63) is 51.5 Å². The van der Waals surface area contributed by atoms with E-state index in [9.17, 15) is 4.79 Å². The number of hydrogen-bond acceptors (Lipinski definition) is 3. The number of aryl methyl sites for hydroxylation is 1. The fourth-order valence-electron chi connectivity index (χ4n) is 2.75. The van der Waals surface area contributed by atoms with Gasteiger partial charge in [0.2, 0.25) is 0 Å². The van der Waals surface area contributed by atoms with Gasteiger partial charge in [-0.1, -0.05) is 40.8 Å². The smallest absolute Gasteiger partial charge is 0.254 e. The summed E-state index contributed by atoms with van der Waals surface area (Å²) in [4.78, 5) is 12.7. The van der Waals surface area contributed by atoms with Crippen molar-refractivity contribution in [3.63, 3.8) is 0 Å². The Bertz CT molecular complexity index is 799. The van der Waals surface area contributed by atoms with Gasteiger partial charge in [-0.3, -0.25) is 4.79 Å². The van der Waals surface area contributed by atoms with E-state index < -0.39 is 0 Å². The lowest BCUT2D eigenvalue weighted by atomic mass is 9.89. The van der Waals surface area contributed by atoms with Crippen LogP contribution in [0.5, 0.6) is 11.5 Å². The van der Waals surface area contributed by atoms with Gasteiger partial charge < -0.3 is 14.8 Å². The Morgan fingerprint density at radius 3 is 2.50 bits per heavy atom. The second-order valence-electron chi connectivity index (χ2n) is 6.15. The Morgan fingerprint density at radius 2 is 1.88 bits per heavy atom. The molecule has 0 bridgehead atoms. The van der Waals surface area contributed by atoms with Gasteiger partial charge in [0.05, 0.1) is 29.8 Å². The normalized spacial score (nSPS) is 11.7. The predicted octanol–water partition coefficient (Wildman–Crippen LogP) is 3.02. The average Bonchev–Trinajstić information content (AvgIpc) is 2.62. The molecule has 0 unspecified atom stereocenters. The highest BCUT2D eigenvalue weighted by atomic mass is 35.5. The first kappa shape index (κ1) is 20.5. The predicted molar refractivity (Wildman–Crippen MR) is 109 cm³/mol. The summed E-state index contributed by atoms with van der Waals surface area (Å²) in [5, 5.41) is 4.10. The van der Waals surface area contributed by atoms with Crippen LogP contribution in [0.15, 0.2) is 30.3 Å². The van der Waals surface area contributed by atoms with Crippen LogP contribution in [0.4, 0.5) is 0 Å². The number of carbonyl (C=O) groups is 1. The van der Waals surface area contributed by atoms with Gasteiger partial charge in [-0.15, -0.1) is 0 Å². The molecule has 7 heteroatoms. The maximum atomic E-state index is 12.7. The second-order valence-corrected chi connectivity index (χ2v) is 6.97. The van der Waals surface area contributed by atoms with Crippen LogP contribution in [-0.2, 0) is 6.42 Å². The molecule has 0 heterocycles. The van der Waals surface area contributed by atoms with Gasteiger partial charge >= 0.3 is 0 Å². The highest BCUT2D eigenvalue weighted by molar-refractivity contribution is 6.42. The molecule has 0 radical (unpaired) electrons. The van der Waals surface area contributed by atoms with Gasteiger partial charge in [0, 0.05) is 6.04 Å². The molecule has 0 saturated heterocycles. The van der Waals surface area contributed by atoms with E-state index in [2.05, 4.69) is 5.32 Å². The zero-order chi connectivity index (χ0) is 19.3. The molecule has 4 nitrogen and oxygen atoms in total. The summed E-state index contributed by atoms with van der Waals surface area (Å²) in [7, 11) is 4.95. The first-order chi connectivity index (χ1) is 12.4. The molecule has 2 rings (SSSR count). The van der Waals surface area contributed by atoms with Crippen LogP contribution in [0, 0.1) is 0 Å². The lowest BCUT2D eigenvalue weighted by molar-refractivity contribution is 0.0936. The van der Waals surface area contributed by atoms with Crippen molar-refractivity contribution in [2.75, 3.05) is 14.2 Å². The van der Waals surface area contributed by atoms with Gasteiger partial charge in [0.15, 0.2) is 11.5 Å². The Balaban J connectivity index is 2.06. The minimum Gasteiger partial charge on any atom is -0.493 e. The molecule has 0 aliphatic heterocycles. The number of hydrogen-bond donors (Lipinski definition) is 1. The lowest BCUT2D eigenvalue weighted by Crippen LogP contribution is -2.36. The van der Waals surface area contributed by atoms with E-state index in [4.69, 9.17) is 32.7 Å². The van der Waals surface area contributed by atoms with Gasteiger partial charge in [0.1, 0.15) is 7.85 Å². The molecule has 0 aromatic heterocycles. The van der Waals surface area contributed by atoms with E-state index in [0.29, 0.717) is 27.1 Å². The number of amides is 1. The highest BCUT2D eigenvalue weighted by Gasteiger charge is 2.20. The van der Waals surface area contributed by atoms with E-state index in [-0.39, 0.29) is 11.9 Å². The Labute approximate surface area is 165 Å². The minimum atomic E-state index is -0.181. The number of nitrogens with one attached hydrogen (secondary N) is 1. The fourth-order valence-corrected chi connectivity index (χ4v) is 3.07. The SMILES string of the molecule is Bc1ccc(OC)c(OC)c1C(=O)N[C@H](C)CCc1ccc(Cl)c(Cl)c1. The Hall–Kier alpha value is -1.85. The lowest BCUT2D eigenvalue weighted by Gasteiger charge is -2.18. The molecule has 0 aliphatic rings. The van der Waals surface area contributed by atoms with Crippen molar-refractivity contribution in [3.8, 4) is 11.5 Å². The molecule has 0 spiro atoms. The second kappa shape index (κ2) is 9.20. The Kier molecular flexibility index (Phi) is 7.24. The van der Waals surface area contributed by atoms with Crippen molar-refractivity contribution >= 4 is 42.4 Å². The van der Waals surface area contributed by atoms with E-state index in [1.54, 1.807) is 19.2 Å². The summed E-state index contributed by atoms with van der Waals surface area (Å²) in [6.45, 7) is 1.97. The summed E-state index contributed by atoms with van der Waals surface area (Å²) >= 11 is 12.0. The Morgan fingerprint density at radius 1 is 1.15 bits per heavy atom. The van der Waals surface area contributed by atoms with Crippen molar-refractivity contribution in [2.24, 2.45) is 0 Å². The summed E-state index contributed by atoms with van der Waals surface area (Å²) in [6.07, 6.45) is 1.56. The van der Waals surface area contributed by atoms with Gasteiger partial charge in [-0.05, 0) is 43.5 Å². The number of carbonyl (C=O) groups excluding carboxylic acids is 1. The molecule has 26 heavy (non-hydrogen) atoms. The maximum Gasteiger partial charge on any atom is 0.254 e. The molecule has 138 valence electrons. The number of methoxy groups -OCH3 is 2. The maximum absolute atomic E-state index is 12.7. The molecule has 0 fully saturated rings. The van der Waals surface area contributed by atoms with Gasteiger partial charge in [-0.2, -0.15) is 0 Å². The summed E-state index contributed by atoms with van der Waals surface area (Å²) < 4.78 is 10.7. The average molecular weight is 394 g/mol. The topological polar surface area (TPSA) is 47.6 Å². The van der Waals surface area contributed by atoms with Crippen LogP contribution in [-0.4, -0.2) is 34.0 Å². The number of ether oxygens (including phenoxy) is 2. The third-order valence-electron chi connectivity index (χ3n) is 4.21. The van der Waals surface area contributed by atoms with Gasteiger partial charge in [0.25, 0.3) is 5.91 Å². The van der Waals surface area contributed by atoms with E-state index >= 15 is 0 Å². The van der Waals surface area contributed by atoms with Crippen LogP contribution in [0.3, 0.4) is 0 Å². The van der Waals surface area contributed by atoms with Crippen LogP contribution in [0.2, 0.25) is 10.0 Å². The first-order valence-corrected chi connectivity index (χ1v) is 9.09. The van der Waals surface area contributed by atoms with Crippen LogP contribution in [0.1, 0.15) is 29.3 Å². The summed E-state index contributed by atoms with van der Waals surface area (Å²) in [5.74, 6) is 0.799. The third-order valence-corrected chi connectivity index (χ3v) is 4.95. The standard InChI is InChI=1S/C19H22BCl2NO3/c1-11(4-5-12-6-8-14(21)15(22)10-12)23-19(24)17-13(20)7-9-16(25-2)18(17)26-3/h6-11H,4-5,20H2,1-3H3,(H,23,24)/t11-/m1/s1. The number of rotatable bonds is 7. The fraction of sp³-hybridized carbons (Fsp3) is 0.316. The monoisotopic (exact) mass is 393 g/mol. The zero-order valence-electron chi connectivity index (χ0n) is 15.4. The van der Waals surface area contributed by atoms with Crippen LogP contribution >= 0.6 is 23.2 Å². The molecular weight excluding hydrogens is 372 g/mol. The first-order valence-electron chi connectivity index (χ1n) is 8.33. The van der Waals surface area contributed by atoms with E-state index in [1.807, 2.05) is 33.0 Å². The molecule has 1 N–H and O–H groups in total. The van der Waals surface area contributed by atoms with E-state index in [0.717, 1.165) is 23.9 Å². The molecule has 0 saturated carbocycles. The molecule has 2 aromatic rings. The van der Waals surface area contributed by atoms with E-state index in [1.165, 1.54) is 7.11 Å². The third kappa shape index (κ3) is 4.86.